The van der Waals surface area contributed by atoms with Gasteiger partial charge in [-0.1, -0.05) is 64.7 Å². The maximum Gasteiger partial charge on any atom is 0.00671 e. The molecule has 4 N–H and O–H groups in total. The van der Waals surface area contributed by atoms with Gasteiger partial charge in [0.1, 0.15) is 0 Å². The summed E-state index contributed by atoms with van der Waals surface area (Å²) in [6.45, 7) is 3.10. The zero-order chi connectivity index (χ0) is 14.6. The standard InChI is InChI=1S/C18H38N2/c1-16(15-19)11-7-4-2-3-5-10-14-18(20)17-12-8-6-9-13-17/h16-18H,2-15,19-20H2,1H3. The highest BCUT2D eigenvalue weighted by atomic mass is 14.6. The van der Waals surface area contributed by atoms with Crippen molar-refractivity contribution >= 4 is 0 Å². The van der Waals surface area contributed by atoms with E-state index in [1.165, 1.54) is 83.5 Å². The molecule has 0 amide bonds. The van der Waals surface area contributed by atoms with E-state index in [0.717, 1.165) is 12.5 Å². The molecule has 1 rings (SSSR count). The second-order valence-electron chi connectivity index (χ2n) is 7.10. The van der Waals surface area contributed by atoms with Crippen molar-refractivity contribution in [3.8, 4) is 0 Å². The Kier molecular flexibility index (Phi) is 10.4. The molecule has 0 aliphatic heterocycles. The smallest absolute Gasteiger partial charge is 0.00671 e. The third-order valence-electron chi connectivity index (χ3n) is 5.14. The van der Waals surface area contributed by atoms with Crippen molar-refractivity contribution in [2.75, 3.05) is 6.54 Å². The molecule has 1 fully saturated rings. The monoisotopic (exact) mass is 282 g/mol. The Hall–Kier alpha value is -0.0800. The number of rotatable bonds is 11. The average molecular weight is 283 g/mol. The highest BCUT2D eigenvalue weighted by Crippen LogP contribution is 2.27. The van der Waals surface area contributed by atoms with Crippen molar-refractivity contribution in [3.05, 3.63) is 0 Å². The maximum atomic E-state index is 6.35. The molecule has 1 aliphatic carbocycles. The molecular weight excluding hydrogens is 244 g/mol. The van der Waals surface area contributed by atoms with Crippen LogP contribution in [0.3, 0.4) is 0 Å². The summed E-state index contributed by atoms with van der Waals surface area (Å²) >= 11 is 0. The SMILES string of the molecule is CC(CN)CCCCCCCCC(N)C1CCCCC1. The van der Waals surface area contributed by atoms with Crippen molar-refractivity contribution in [2.45, 2.75) is 96.4 Å². The Labute approximate surface area is 127 Å². The molecule has 1 aliphatic rings. The molecule has 1 saturated carbocycles. The van der Waals surface area contributed by atoms with Crippen molar-refractivity contribution < 1.29 is 0 Å². The molecule has 2 unspecified atom stereocenters. The Morgan fingerprint density at radius 2 is 1.40 bits per heavy atom. The molecule has 0 heterocycles. The van der Waals surface area contributed by atoms with E-state index in [2.05, 4.69) is 6.92 Å². The average Bonchev–Trinajstić information content (AvgIpc) is 2.50. The van der Waals surface area contributed by atoms with E-state index in [9.17, 15) is 0 Å². The van der Waals surface area contributed by atoms with Crippen molar-refractivity contribution in [1.29, 1.82) is 0 Å². The highest BCUT2D eigenvalue weighted by molar-refractivity contribution is 4.76. The predicted octanol–water partition coefficient (Wildman–Crippen LogP) is 4.61. The summed E-state index contributed by atoms with van der Waals surface area (Å²) in [7, 11) is 0. The van der Waals surface area contributed by atoms with Gasteiger partial charge in [-0.2, -0.15) is 0 Å². The van der Waals surface area contributed by atoms with Crippen LogP contribution in [0.15, 0.2) is 0 Å². The third kappa shape index (κ3) is 8.26. The first-order chi connectivity index (χ1) is 9.74. The van der Waals surface area contributed by atoms with E-state index in [1.54, 1.807) is 0 Å². The molecule has 0 bridgehead atoms. The lowest BCUT2D eigenvalue weighted by molar-refractivity contribution is 0.290. The van der Waals surface area contributed by atoms with Crippen LogP contribution in [0.4, 0.5) is 0 Å². The molecule has 0 spiro atoms. The second kappa shape index (κ2) is 11.6. The summed E-state index contributed by atoms with van der Waals surface area (Å²) in [5.74, 6) is 1.55. The molecule has 0 radical (unpaired) electrons. The lowest BCUT2D eigenvalue weighted by Gasteiger charge is -2.27. The summed E-state index contributed by atoms with van der Waals surface area (Å²) in [6.07, 6.45) is 17.9. The number of hydrogen-bond donors (Lipinski definition) is 2. The molecule has 0 saturated heterocycles. The van der Waals surface area contributed by atoms with Gasteiger partial charge in [0.25, 0.3) is 0 Å². The fourth-order valence-electron chi connectivity index (χ4n) is 3.50. The molecule has 0 aromatic carbocycles. The summed E-state index contributed by atoms with van der Waals surface area (Å²) < 4.78 is 0. The maximum absolute atomic E-state index is 6.35. The molecule has 2 heteroatoms. The van der Waals surface area contributed by atoms with Gasteiger partial charge in [-0.15, -0.1) is 0 Å². The van der Waals surface area contributed by atoms with Gasteiger partial charge < -0.3 is 11.5 Å². The van der Waals surface area contributed by atoms with E-state index >= 15 is 0 Å². The Bertz CT molecular complexity index is 211. The second-order valence-corrected chi connectivity index (χ2v) is 7.10. The first-order valence-corrected chi connectivity index (χ1v) is 9.19. The van der Waals surface area contributed by atoms with Crippen LogP contribution in [0.25, 0.3) is 0 Å². The molecular formula is C18H38N2. The van der Waals surface area contributed by atoms with Gasteiger partial charge in [0.2, 0.25) is 0 Å². The van der Waals surface area contributed by atoms with Crippen LogP contribution >= 0.6 is 0 Å². The topological polar surface area (TPSA) is 52.0 Å². The lowest BCUT2D eigenvalue weighted by Crippen LogP contribution is -2.31. The van der Waals surface area contributed by atoms with Gasteiger partial charge in [0, 0.05) is 6.04 Å². The van der Waals surface area contributed by atoms with Crippen molar-refractivity contribution in [2.24, 2.45) is 23.3 Å². The number of unbranched alkanes of at least 4 members (excludes halogenated alkanes) is 5. The van der Waals surface area contributed by atoms with Crippen LogP contribution in [-0.4, -0.2) is 12.6 Å². The minimum Gasteiger partial charge on any atom is -0.330 e. The van der Waals surface area contributed by atoms with Gasteiger partial charge >= 0.3 is 0 Å². The van der Waals surface area contributed by atoms with Gasteiger partial charge in [0.05, 0.1) is 0 Å². The summed E-state index contributed by atoms with van der Waals surface area (Å²) in [5.41, 5.74) is 12.0. The fraction of sp³-hybridized carbons (Fsp3) is 1.00. The largest absolute Gasteiger partial charge is 0.330 e. The zero-order valence-corrected chi connectivity index (χ0v) is 13.8. The first kappa shape index (κ1) is 18.0. The van der Waals surface area contributed by atoms with E-state index in [0.29, 0.717) is 12.0 Å². The van der Waals surface area contributed by atoms with Gasteiger partial charge in [-0.3, -0.25) is 0 Å². The molecule has 2 atom stereocenters. The van der Waals surface area contributed by atoms with Crippen LogP contribution in [0.1, 0.15) is 90.4 Å². The van der Waals surface area contributed by atoms with Gasteiger partial charge in [0.15, 0.2) is 0 Å². The summed E-state index contributed by atoms with van der Waals surface area (Å²) in [6, 6.07) is 0.487. The van der Waals surface area contributed by atoms with Crippen molar-refractivity contribution in [3.63, 3.8) is 0 Å². The summed E-state index contributed by atoms with van der Waals surface area (Å²) in [5, 5.41) is 0. The molecule has 20 heavy (non-hydrogen) atoms. The van der Waals surface area contributed by atoms with Crippen LogP contribution in [0.5, 0.6) is 0 Å². The van der Waals surface area contributed by atoms with Crippen molar-refractivity contribution in [1.82, 2.24) is 0 Å². The molecule has 2 nitrogen and oxygen atoms in total. The van der Waals surface area contributed by atoms with Gasteiger partial charge in [-0.25, -0.2) is 0 Å². The highest BCUT2D eigenvalue weighted by Gasteiger charge is 2.19. The molecule has 120 valence electrons. The number of hydrogen-bond acceptors (Lipinski definition) is 2. The Balaban J connectivity index is 1.86. The van der Waals surface area contributed by atoms with E-state index in [4.69, 9.17) is 11.5 Å². The minimum atomic E-state index is 0.487. The normalized spacial score (nSPS) is 19.9. The number of nitrogens with two attached hydrogens (primary N) is 2. The zero-order valence-electron chi connectivity index (χ0n) is 13.8. The van der Waals surface area contributed by atoms with E-state index < -0.39 is 0 Å². The first-order valence-electron chi connectivity index (χ1n) is 9.19. The van der Waals surface area contributed by atoms with Gasteiger partial charge in [-0.05, 0) is 44.1 Å². The third-order valence-corrected chi connectivity index (χ3v) is 5.14. The van der Waals surface area contributed by atoms with E-state index in [1.807, 2.05) is 0 Å². The fourth-order valence-corrected chi connectivity index (χ4v) is 3.50. The van der Waals surface area contributed by atoms with Crippen LogP contribution in [-0.2, 0) is 0 Å². The molecule has 0 aromatic rings. The van der Waals surface area contributed by atoms with Crippen LogP contribution < -0.4 is 11.5 Å². The Morgan fingerprint density at radius 3 is 2.00 bits per heavy atom. The summed E-state index contributed by atoms with van der Waals surface area (Å²) in [4.78, 5) is 0. The van der Waals surface area contributed by atoms with E-state index in [-0.39, 0.29) is 0 Å². The quantitative estimate of drug-likeness (QED) is 0.544. The van der Waals surface area contributed by atoms with Crippen LogP contribution in [0, 0.1) is 11.8 Å². The predicted molar refractivity (Wildman–Crippen MR) is 89.7 cm³/mol. The Morgan fingerprint density at radius 1 is 0.850 bits per heavy atom. The van der Waals surface area contributed by atoms with Crippen LogP contribution in [0.2, 0.25) is 0 Å². The lowest BCUT2D eigenvalue weighted by atomic mass is 9.82. The minimum absolute atomic E-state index is 0.487. The molecule has 0 aromatic heterocycles.